The van der Waals surface area contributed by atoms with Crippen LogP contribution in [0.4, 0.5) is 0 Å². The van der Waals surface area contributed by atoms with E-state index in [4.69, 9.17) is 4.74 Å². The lowest BCUT2D eigenvalue weighted by Crippen LogP contribution is -2.65. The van der Waals surface area contributed by atoms with Gasteiger partial charge in [0.25, 0.3) is 5.79 Å². The first-order valence-electron chi connectivity index (χ1n) is 7.27. The van der Waals surface area contributed by atoms with Crippen LogP contribution < -0.4 is 0 Å². The lowest BCUT2D eigenvalue weighted by Gasteiger charge is -2.57. The van der Waals surface area contributed by atoms with Crippen molar-refractivity contribution in [1.82, 2.24) is 0 Å². The van der Waals surface area contributed by atoms with Gasteiger partial charge in [0.2, 0.25) is 0 Å². The first-order chi connectivity index (χ1) is 9.24. The molecule has 5 heteroatoms. The van der Waals surface area contributed by atoms with E-state index in [9.17, 15) is 20.1 Å². The number of carbonyl (C=O) groups excluding carboxylic acids is 1. The Kier molecular flexibility index (Phi) is 2.85. The summed E-state index contributed by atoms with van der Waals surface area (Å²) in [4.78, 5) is 11.8. The molecule has 6 atom stereocenters. The Labute approximate surface area is 118 Å². The van der Waals surface area contributed by atoms with E-state index >= 15 is 0 Å². The van der Waals surface area contributed by atoms with Crippen molar-refractivity contribution in [3.8, 4) is 0 Å². The lowest BCUT2D eigenvalue weighted by molar-refractivity contribution is -0.273. The maximum Gasteiger partial charge on any atom is 0.336 e. The van der Waals surface area contributed by atoms with Crippen LogP contribution in [0.3, 0.4) is 0 Å². The average Bonchev–Trinajstić information content (AvgIpc) is 2.62. The molecule has 3 N–H and O–H groups in total. The third kappa shape index (κ3) is 1.41. The molecule has 1 aliphatic heterocycles. The number of carbonyl (C=O) groups is 1. The number of aliphatic hydroxyl groups excluding tert-OH is 2. The summed E-state index contributed by atoms with van der Waals surface area (Å²) in [7, 11) is 0. The van der Waals surface area contributed by atoms with Crippen LogP contribution in [0.1, 0.15) is 40.0 Å². The van der Waals surface area contributed by atoms with Crippen molar-refractivity contribution < 1.29 is 24.9 Å². The second-order valence-electron chi connectivity index (χ2n) is 6.78. The van der Waals surface area contributed by atoms with Crippen molar-refractivity contribution in [3.05, 3.63) is 11.1 Å². The van der Waals surface area contributed by atoms with E-state index in [1.807, 2.05) is 6.92 Å². The van der Waals surface area contributed by atoms with Crippen LogP contribution in [0.5, 0.6) is 0 Å². The fourth-order valence-corrected chi connectivity index (χ4v) is 4.46. The number of hydrogen-bond acceptors (Lipinski definition) is 5. The van der Waals surface area contributed by atoms with Crippen LogP contribution in [0.25, 0.3) is 0 Å². The van der Waals surface area contributed by atoms with Gasteiger partial charge in [0.05, 0.1) is 6.10 Å². The molecule has 0 amide bonds. The van der Waals surface area contributed by atoms with Crippen LogP contribution in [0.15, 0.2) is 11.1 Å². The van der Waals surface area contributed by atoms with Crippen LogP contribution in [0.2, 0.25) is 0 Å². The van der Waals surface area contributed by atoms with E-state index in [0.29, 0.717) is 6.42 Å². The summed E-state index contributed by atoms with van der Waals surface area (Å²) >= 11 is 0. The van der Waals surface area contributed by atoms with Crippen molar-refractivity contribution >= 4 is 5.97 Å². The normalized spacial score (nSPS) is 51.6. The predicted molar refractivity (Wildman–Crippen MR) is 70.4 cm³/mol. The van der Waals surface area contributed by atoms with Crippen LogP contribution in [-0.4, -0.2) is 39.3 Å². The van der Waals surface area contributed by atoms with Gasteiger partial charge < -0.3 is 20.1 Å². The number of hydrogen-bond donors (Lipinski definition) is 3. The maximum atomic E-state index is 11.8. The Morgan fingerprint density at radius 3 is 2.60 bits per heavy atom. The molecule has 3 rings (SSSR count). The van der Waals surface area contributed by atoms with E-state index in [-0.39, 0.29) is 23.0 Å². The van der Waals surface area contributed by atoms with Gasteiger partial charge in [-0.3, -0.25) is 0 Å². The summed E-state index contributed by atoms with van der Waals surface area (Å²) in [5, 5.41) is 32.0. The fraction of sp³-hybridized carbons (Fsp3) is 0.800. The minimum absolute atomic E-state index is 0.155. The van der Waals surface area contributed by atoms with Gasteiger partial charge in [-0.2, -0.15) is 0 Å². The number of aliphatic hydroxyl groups is 3. The molecular formula is C15H22O5. The minimum atomic E-state index is -2.05. The van der Waals surface area contributed by atoms with Gasteiger partial charge in [-0.1, -0.05) is 26.7 Å². The van der Waals surface area contributed by atoms with Crippen molar-refractivity contribution in [2.75, 3.05) is 0 Å². The SMILES string of the molecule is CC1=C2C(O)C3(C)C(C)CCCC3C(O)C2(O)OC1=O. The van der Waals surface area contributed by atoms with Crippen LogP contribution in [-0.2, 0) is 9.53 Å². The molecule has 0 aromatic rings. The number of fused-ring (bicyclic) bond motifs is 2. The first kappa shape index (κ1) is 14.0. The molecule has 0 saturated heterocycles. The highest BCUT2D eigenvalue weighted by Crippen LogP contribution is 2.59. The van der Waals surface area contributed by atoms with Gasteiger partial charge in [-0.25, -0.2) is 4.79 Å². The van der Waals surface area contributed by atoms with Crippen molar-refractivity contribution in [1.29, 1.82) is 0 Å². The van der Waals surface area contributed by atoms with Gasteiger partial charge in [0, 0.05) is 22.5 Å². The summed E-state index contributed by atoms with van der Waals surface area (Å²) in [6.45, 7) is 5.53. The van der Waals surface area contributed by atoms with E-state index in [1.54, 1.807) is 0 Å². The lowest BCUT2D eigenvalue weighted by atomic mass is 9.51. The molecular weight excluding hydrogens is 260 g/mol. The molecule has 0 bridgehead atoms. The first-order valence-corrected chi connectivity index (χ1v) is 7.27. The number of esters is 1. The quantitative estimate of drug-likeness (QED) is 0.570. The minimum Gasteiger partial charge on any atom is -0.423 e. The molecule has 6 unspecified atom stereocenters. The van der Waals surface area contributed by atoms with E-state index in [1.165, 1.54) is 6.92 Å². The Hall–Kier alpha value is -0.910. The molecule has 3 aliphatic rings. The zero-order chi connectivity index (χ0) is 14.9. The molecule has 0 aromatic heterocycles. The van der Waals surface area contributed by atoms with Gasteiger partial charge in [-0.15, -0.1) is 0 Å². The summed E-state index contributed by atoms with van der Waals surface area (Å²) in [6.07, 6.45) is 0.465. The number of ether oxygens (including phenoxy) is 1. The highest BCUT2D eigenvalue weighted by Gasteiger charge is 2.67. The molecule has 20 heavy (non-hydrogen) atoms. The molecule has 0 spiro atoms. The largest absolute Gasteiger partial charge is 0.423 e. The van der Waals surface area contributed by atoms with Crippen molar-refractivity contribution in [3.63, 3.8) is 0 Å². The predicted octanol–water partition coefficient (Wildman–Crippen LogP) is 0.726. The zero-order valence-corrected chi connectivity index (χ0v) is 12.1. The average molecular weight is 282 g/mol. The molecule has 2 saturated carbocycles. The second kappa shape index (κ2) is 4.06. The molecule has 0 radical (unpaired) electrons. The smallest absolute Gasteiger partial charge is 0.336 e. The van der Waals surface area contributed by atoms with Gasteiger partial charge in [0.1, 0.15) is 6.10 Å². The highest BCUT2D eigenvalue weighted by molar-refractivity contribution is 5.92. The molecule has 2 aliphatic carbocycles. The number of rotatable bonds is 0. The molecule has 2 fully saturated rings. The molecule has 5 nitrogen and oxygen atoms in total. The summed E-state index contributed by atoms with van der Waals surface area (Å²) in [6, 6.07) is 0. The highest BCUT2D eigenvalue weighted by atomic mass is 16.7. The third-order valence-corrected chi connectivity index (χ3v) is 6.00. The molecule has 0 aromatic carbocycles. The Morgan fingerprint density at radius 1 is 1.30 bits per heavy atom. The van der Waals surface area contributed by atoms with Gasteiger partial charge in [-0.05, 0) is 19.3 Å². The third-order valence-electron chi connectivity index (χ3n) is 6.00. The zero-order valence-electron chi connectivity index (χ0n) is 12.1. The van der Waals surface area contributed by atoms with Crippen LogP contribution >= 0.6 is 0 Å². The van der Waals surface area contributed by atoms with Crippen molar-refractivity contribution in [2.24, 2.45) is 17.3 Å². The Morgan fingerprint density at radius 2 is 1.95 bits per heavy atom. The fourth-order valence-electron chi connectivity index (χ4n) is 4.46. The monoisotopic (exact) mass is 282 g/mol. The standard InChI is InChI=1S/C15H22O5/c1-7-5-4-6-9-11(16)15(19)10(8(2)13(18)20-15)12(17)14(7,9)3/h7,9,11-12,16-17,19H,4-6H2,1-3H3. The second-order valence-corrected chi connectivity index (χ2v) is 6.78. The molecule has 112 valence electrons. The Bertz CT molecular complexity index is 498. The maximum absolute atomic E-state index is 11.8. The van der Waals surface area contributed by atoms with Gasteiger partial charge >= 0.3 is 5.97 Å². The summed E-state index contributed by atoms with van der Waals surface area (Å²) in [5.74, 6) is -2.79. The van der Waals surface area contributed by atoms with Crippen molar-refractivity contribution in [2.45, 2.75) is 58.0 Å². The van der Waals surface area contributed by atoms with E-state index < -0.39 is 29.4 Å². The van der Waals surface area contributed by atoms with E-state index in [0.717, 1.165) is 12.8 Å². The summed E-state index contributed by atoms with van der Waals surface area (Å²) < 4.78 is 5.01. The van der Waals surface area contributed by atoms with Crippen LogP contribution in [0, 0.1) is 17.3 Å². The van der Waals surface area contributed by atoms with E-state index in [2.05, 4.69) is 6.92 Å². The Balaban J connectivity index is 2.17. The molecule has 1 heterocycles. The summed E-state index contributed by atoms with van der Waals surface area (Å²) in [5.41, 5.74) is -0.173. The van der Waals surface area contributed by atoms with Gasteiger partial charge in [0.15, 0.2) is 0 Å². The topological polar surface area (TPSA) is 87.0 Å².